The number of hydrogen-bond donors (Lipinski definition) is 1. The van der Waals surface area contributed by atoms with Crippen molar-refractivity contribution in [2.24, 2.45) is 0 Å². The minimum Gasteiger partial charge on any atom is -0.365 e. The largest absolute Gasteiger partial charge is 0.365 e. The molecule has 1 amide bonds. The van der Waals surface area contributed by atoms with Crippen molar-refractivity contribution in [1.29, 1.82) is 0 Å². The molecule has 0 radical (unpaired) electrons. The molecule has 0 fully saturated rings. The Labute approximate surface area is 150 Å². The number of ether oxygens (including phenoxy) is 1. The highest BCUT2D eigenvalue weighted by atomic mass is 19.1. The zero-order valence-corrected chi connectivity index (χ0v) is 14.3. The van der Waals surface area contributed by atoms with Crippen LogP contribution in [-0.2, 0) is 17.9 Å². The van der Waals surface area contributed by atoms with Gasteiger partial charge in [0.15, 0.2) is 5.69 Å². The Kier molecular flexibility index (Phi) is 4.26. The number of carbonyl (C=O) groups is 1. The van der Waals surface area contributed by atoms with Gasteiger partial charge in [-0.2, -0.15) is 5.10 Å². The standard InChI is InChI=1S/C20H18FN3O2/c1-13-5-7-14(8-6-13)19-11-24-17(12-26-19)10-18(23-24)20(25)22-16-4-2-3-15(21)9-16/h2-10,19H,11-12H2,1H3,(H,22,25). The number of nitrogens with zero attached hydrogens (tertiary/aromatic N) is 2. The molecular weight excluding hydrogens is 333 g/mol. The molecule has 0 saturated carbocycles. The number of fused-ring (bicyclic) bond motifs is 1. The Morgan fingerprint density at radius 3 is 2.81 bits per heavy atom. The first kappa shape index (κ1) is 16.5. The maximum atomic E-state index is 13.2. The van der Waals surface area contributed by atoms with Crippen LogP contribution in [0, 0.1) is 12.7 Å². The van der Waals surface area contributed by atoms with Gasteiger partial charge in [-0.25, -0.2) is 4.39 Å². The van der Waals surface area contributed by atoms with E-state index in [0.717, 1.165) is 11.3 Å². The van der Waals surface area contributed by atoms with Gasteiger partial charge in [-0.3, -0.25) is 9.48 Å². The van der Waals surface area contributed by atoms with E-state index in [1.165, 1.54) is 17.7 Å². The van der Waals surface area contributed by atoms with Crippen molar-refractivity contribution in [2.45, 2.75) is 26.2 Å². The van der Waals surface area contributed by atoms with Gasteiger partial charge in [0, 0.05) is 5.69 Å². The first-order valence-corrected chi connectivity index (χ1v) is 8.40. The Hall–Kier alpha value is -2.99. The van der Waals surface area contributed by atoms with Crippen LogP contribution in [0.3, 0.4) is 0 Å². The molecule has 2 aromatic carbocycles. The van der Waals surface area contributed by atoms with Crippen molar-refractivity contribution < 1.29 is 13.9 Å². The zero-order valence-electron chi connectivity index (χ0n) is 14.3. The van der Waals surface area contributed by atoms with Crippen molar-refractivity contribution in [3.05, 3.63) is 82.9 Å². The second kappa shape index (κ2) is 6.72. The third kappa shape index (κ3) is 3.36. The van der Waals surface area contributed by atoms with Crippen LogP contribution in [-0.4, -0.2) is 15.7 Å². The number of carbonyl (C=O) groups excluding carboxylic acids is 1. The first-order valence-electron chi connectivity index (χ1n) is 8.40. The molecule has 2 heterocycles. The van der Waals surface area contributed by atoms with Gasteiger partial charge in [0.2, 0.25) is 0 Å². The summed E-state index contributed by atoms with van der Waals surface area (Å²) in [6, 6.07) is 15.7. The normalized spacial score (nSPS) is 16.2. The second-order valence-corrected chi connectivity index (χ2v) is 6.38. The number of rotatable bonds is 3. The molecule has 0 spiro atoms. The van der Waals surface area contributed by atoms with E-state index in [1.54, 1.807) is 22.9 Å². The molecule has 4 rings (SSSR count). The lowest BCUT2D eigenvalue weighted by molar-refractivity contribution is -0.00119. The van der Waals surface area contributed by atoms with Crippen LogP contribution in [0.1, 0.15) is 33.4 Å². The molecule has 1 N–H and O–H groups in total. The Balaban J connectivity index is 1.50. The third-order valence-electron chi connectivity index (χ3n) is 4.40. The molecule has 1 atom stereocenters. The van der Waals surface area contributed by atoms with Crippen molar-refractivity contribution in [3.63, 3.8) is 0 Å². The highest BCUT2D eigenvalue weighted by Crippen LogP contribution is 2.27. The van der Waals surface area contributed by atoms with Gasteiger partial charge < -0.3 is 10.1 Å². The summed E-state index contributed by atoms with van der Waals surface area (Å²) in [6.07, 6.45) is -0.0952. The summed E-state index contributed by atoms with van der Waals surface area (Å²) in [6.45, 7) is 2.98. The van der Waals surface area contributed by atoms with Crippen molar-refractivity contribution >= 4 is 11.6 Å². The maximum Gasteiger partial charge on any atom is 0.276 e. The Bertz CT molecular complexity index is 950. The second-order valence-electron chi connectivity index (χ2n) is 6.38. The number of hydrogen-bond acceptors (Lipinski definition) is 3. The van der Waals surface area contributed by atoms with Crippen LogP contribution in [0.4, 0.5) is 10.1 Å². The fourth-order valence-electron chi connectivity index (χ4n) is 2.98. The molecule has 1 aliphatic heterocycles. The summed E-state index contributed by atoms with van der Waals surface area (Å²) in [7, 11) is 0. The van der Waals surface area contributed by atoms with E-state index in [4.69, 9.17) is 4.74 Å². The number of nitrogens with one attached hydrogen (secondary N) is 1. The summed E-state index contributed by atoms with van der Waals surface area (Å²) < 4.78 is 21.0. The summed E-state index contributed by atoms with van der Waals surface area (Å²) in [4.78, 5) is 12.4. The van der Waals surface area contributed by atoms with Crippen molar-refractivity contribution in [1.82, 2.24) is 9.78 Å². The molecule has 1 aliphatic rings. The van der Waals surface area contributed by atoms with Gasteiger partial charge in [-0.05, 0) is 36.8 Å². The molecule has 0 bridgehead atoms. The predicted molar refractivity (Wildman–Crippen MR) is 95.3 cm³/mol. The number of halogens is 1. The average molecular weight is 351 g/mol. The summed E-state index contributed by atoms with van der Waals surface area (Å²) >= 11 is 0. The van der Waals surface area contributed by atoms with Crippen LogP contribution < -0.4 is 5.32 Å². The molecule has 0 aliphatic carbocycles. The quantitative estimate of drug-likeness (QED) is 0.780. The third-order valence-corrected chi connectivity index (χ3v) is 4.40. The molecule has 1 aromatic heterocycles. The minimum atomic E-state index is -0.402. The lowest BCUT2D eigenvalue weighted by Crippen LogP contribution is -2.22. The number of anilines is 1. The fraction of sp³-hybridized carbons (Fsp3) is 0.200. The summed E-state index contributed by atoms with van der Waals surface area (Å²) in [5.74, 6) is -0.773. The molecule has 26 heavy (non-hydrogen) atoms. The molecule has 5 nitrogen and oxygen atoms in total. The minimum absolute atomic E-state index is 0.0952. The summed E-state index contributed by atoms with van der Waals surface area (Å²) in [5, 5.41) is 7.06. The first-order chi connectivity index (χ1) is 12.6. The van der Waals surface area contributed by atoms with E-state index in [1.807, 2.05) is 19.1 Å². The van der Waals surface area contributed by atoms with Crippen LogP contribution in [0.5, 0.6) is 0 Å². The molecule has 132 valence electrons. The monoisotopic (exact) mass is 351 g/mol. The predicted octanol–water partition coefficient (Wildman–Crippen LogP) is 3.85. The summed E-state index contributed by atoms with van der Waals surface area (Å²) in [5.41, 5.74) is 3.81. The van der Waals surface area contributed by atoms with Gasteiger partial charge in [-0.1, -0.05) is 35.9 Å². The van der Waals surface area contributed by atoms with Gasteiger partial charge >= 0.3 is 0 Å². The number of aromatic nitrogens is 2. The Morgan fingerprint density at radius 2 is 2.04 bits per heavy atom. The molecule has 6 heteroatoms. The highest BCUT2D eigenvalue weighted by Gasteiger charge is 2.24. The molecule has 0 saturated heterocycles. The van der Waals surface area contributed by atoms with E-state index in [2.05, 4.69) is 22.5 Å². The number of benzene rings is 2. The van der Waals surface area contributed by atoms with Gasteiger partial charge in [0.1, 0.15) is 11.9 Å². The molecule has 1 unspecified atom stereocenters. The number of amides is 1. The van der Waals surface area contributed by atoms with E-state index in [0.29, 0.717) is 18.8 Å². The van der Waals surface area contributed by atoms with Gasteiger partial charge in [-0.15, -0.1) is 0 Å². The topological polar surface area (TPSA) is 56.2 Å². The van der Waals surface area contributed by atoms with Crippen LogP contribution in [0.25, 0.3) is 0 Å². The number of aryl methyl sites for hydroxylation is 1. The van der Waals surface area contributed by atoms with Gasteiger partial charge in [0.05, 0.1) is 18.8 Å². The maximum absolute atomic E-state index is 13.2. The molecular formula is C20H18FN3O2. The highest BCUT2D eigenvalue weighted by molar-refractivity contribution is 6.02. The van der Waals surface area contributed by atoms with E-state index < -0.39 is 5.82 Å². The molecule has 3 aromatic rings. The smallest absolute Gasteiger partial charge is 0.276 e. The van der Waals surface area contributed by atoms with E-state index in [-0.39, 0.29) is 17.7 Å². The van der Waals surface area contributed by atoms with Gasteiger partial charge in [0.25, 0.3) is 5.91 Å². The lowest BCUT2D eigenvalue weighted by atomic mass is 10.1. The zero-order chi connectivity index (χ0) is 18.1. The fourth-order valence-corrected chi connectivity index (χ4v) is 2.98. The lowest BCUT2D eigenvalue weighted by Gasteiger charge is -2.24. The van der Waals surface area contributed by atoms with E-state index >= 15 is 0 Å². The average Bonchev–Trinajstić information content (AvgIpc) is 3.06. The SMILES string of the molecule is Cc1ccc(C2Cn3nc(C(=O)Nc4cccc(F)c4)cc3CO2)cc1. The van der Waals surface area contributed by atoms with Crippen LogP contribution >= 0.6 is 0 Å². The Morgan fingerprint density at radius 1 is 1.23 bits per heavy atom. The van der Waals surface area contributed by atoms with Crippen LogP contribution in [0.2, 0.25) is 0 Å². The van der Waals surface area contributed by atoms with Crippen LogP contribution in [0.15, 0.2) is 54.6 Å². The van der Waals surface area contributed by atoms with Crippen molar-refractivity contribution in [3.8, 4) is 0 Å². The van der Waals surface area contributed by atoms with E-state index in [9.17, 15) is 9.18 Å². The van der Waals surface area contributed by atoms with Crippen molar-refractivity contribution in [2.75, 3.05) is 5.32 Å².